The minimum atomic E-state index is -1.02. The molecule has 168 valence electrons. The molecule has 0 amide bonds. The molecule has 2 aromatic carbocycles. The van der Waals surface area contributed by atoms with E-state index in [2.05, 4.69) is 20.8 Å². The number of Topliss-reactive ketones (excluding diaryl/α,β-unsaturated/α-hetero) is 1. The fourth-order valence-electron chi connectivity index (χ4n) is 3.81. The lowest BCUT2D eigenvalue weighted by molar-refractivity contribution is -0.118. The van der Waals surface area contributed by atoms with Gasteiger partial charge in [-0.25, -0.2) is 9.07 Å². The lowest BCUT2D eigenvalue weighted by Gasteiger charge is -2.14. The largest absolute Gasteiger partial charge is 0.385 e. The Morgan fingerprint density at radius 1 is 1.19 bits per heavy atom. The number of carbonyl (C=O) groups is 1. The highest BCUT2D eigenvalue weighted by atomic mass is 35.5. The van der Waals surface area contributed by atoms with Crippen molar-refractivity contribution in [3.63, 3.8) is 0 Å². The molecule has 0 saturated heterocycles. The van der Waals surface area contributed by atoms with E-state index in [1.54, 1.807) is 12.1 Å². The van der Waals surface area contributed by atoms with Crippen LogP contribution in [0.1, 0.15) is 62.5 Å². The van der Waals surface area contributed by atoms with Crippen LogP contribution in [-0.2, 0) is 28.7 Å². The number of aliphatic hydroxyl groups is 1. The van der Waals surface area contributed by atoms with Gasteiger partial charge in [-0.05, 0) is 55.2 Å². The molecule has 1 heterocycles. The van der Waals surface area contributed by atoms with Gasteiger partial charge in [0.25, 0.3) is 0 Å². The summed E-state index contributed by atoms with van der Waals surface area (Å²) < 4.78 is 16.2. The first-order chi connectivity index (χ1) is 15.0. The number of benzene rings is 2. The summed E-state index contributed by atoms with van der Waals surface area (Å²) in [6, 6.07) is 14.2. The van der Waals surface area contributed by atoms with Crippen LogP contribution in [0.2, 0.25) is 5.02 Å². The summed E-state index contributed by atoms with van der Waals surface area (Å²) >= 11 is 6.18. The second-order valence-electron chi connectivity index (χ2n) is 9.72. The summed E-state index contributed by atoms with van der Waals surface area (Å²) in [7, 11) is 0. The quantitative estimate of drug-likeness (QED) is 0.499. The zero-order chi connectivity index (χ0) is 23.1. The maximum Gasteiger partial charge on any atom is 0.137 e. The van der Waals surface area contributed by atoms with Crippen molar-refractivity contribution >= 4 is 17.4 Å². The number of nitrogens with zero attached hydrogens (tertiary/aromatic N) is 2. The third-order valence-electron chi connectivity index (χ3n) is 5.92. The molecule has 1 aliphatic carbocycles. The standard InChI is InChI=1S/C26H28ClFN2O2/c1-25(2,3)24-16-20(30(29-24)19-6-4-5-18(27)15-19)8-9-21(31)13-17-7-10-22(23(28)14-17)26(32)11-12-26/h4-7,10,14-16,32H,8-9,11-13H2,1-3H3. The summed E-state index contributed by atoms with van der Waals surface area (Å²) in [6.45, 7) is 6.30. The lowest BCUT2D eigenvalue weighted by Crippen LogP contribution is -2.12. The Bertz CT molecular complexity index is 1160. The molecule has 1 saturated carbocycles. The number of rotatable bonds is 7. The highest BCUT2D eigenvalue weighted by molar-refractivity contribution is 6.30. The number of hydrogen-bond donors (Lipinski definition) is 1. The summed E-state index contributed by atoms with van der Waals surface area (Å²) in [5.41, 5.74) is 2.53. The number of aromatic nitrogens is 2. The van der Waals surface area contributed by atoms with Crippen molar-refractivity contribution in [2.75, 3.05) is 0 Å². The molecular formula is C26H28ClFN2O2. The van der Waals surface area contributed by atoms with Gasteiger partial charge in [0.2, 0.25) is 0 Å². The molecule has 6 heteroatoms. The Kier molecular flexibility index (Phi) is 5.99. The highest BCUT2D eigenvalue weighted by Crippen LogP contribution is 2.46. The molecule has 4 nitrogen and oxygen atoms in total. The first-order valence-corrected chi connectivity index (χ1v) is 11.3. The Balaban J connectivity index is 1.49. The second-order valence-corrected chi connectivity index (χ2v) is 10.2. The van der Waals surface area contributed by atoms with Crippen molar-refractivity contribution in [2.45, 2.75) is 63.9 Å². The van der Waals surface area contributed by atoms with E-state index in [9.17, 15) is 14.3 Å². The smallest absolute Gasteiger partial charge is 0.137 e. The second kappa shape index (κ2) is 8.45. The molecule has 32 heavy (non-hydrogen) atoms. The van der Waals surface area contributed by atoms with E-state index < -0.39 is 11.4 Å². The van der Waals surface area contributed by atoms with E-state index in [0.29, 0.717) is 41.8 Å². The Hall–Kier alpha value is -2.50. The van der Waals surface area contributed by atoms with E-state index >= 15 is 0 Å². The third-order valence-corrected chi connectivity index (χ3v) is 6.16. The molecule has 0 unspecified atom stereocenters. The molecule has 0 aliphatic heterocycles. The van der Waals surface area contributed by atoms with Gasteiger partial charge in [0.05, 0.1) is 17.0 Å². The van der Waals surface area contributed by atoms with Gasteiger partial charge in [-0.1, -0.05) is 50.6 Å². The minimum absolute atomic E-state index is 0.0263. The van der Waals surface area contributed by atoms with Crippen LogP contribution < -0.4 is 0 Å². The number of aryl methyl sites for hydroxylation is 1. The maximum atomic E-state index is 14.4. The van der Waals surface area contributed by atoms with Crippen LogP contribution in [0.3, 0.4) is 0 Å². The van der Waals surface area contributed by atoms with Gasteiger partial charge in [0.15, 0.2) is 0 Å². The normalized spacial score (nSPS) is 15.1. The van der Waals surface area contributed by atoms with Crippen LogP contribution in [0.4, 0.5) is 4.39 Å². The molecule has 1 aromatic heterocycles. The van der Waals surface area contributed by atoms with Crippen LogP contribution in [0.15, 0.2) is 48.5 Å². The van der Waals surface area contributed by atoms with E-state index in [4.69, 9.17) is 16.7 Å². The van der Waals surface area contributed by atoms with Gasteiger partial charge < -0.3 is 5.11 Å². The molecule has 0 bridgehead atoms. The zero-order valence-electron chi connectivity index (χ0n) is 18.7. The molecular weight excluding hydrogens is 427 g/mol. The fourth-order valence-corrected chi connectivity index (χ4v) is 4.00. The van der Waals surface area contributed by atoms with Gasteiger partial charge >= 0.3 is 0 Å². The molecule has 1 fully saturated rings. The topological polar surface area (TPSA) is 55.1 Å². The van der Waals surface area contributed by atoms with E-state index in [1.165, 1.54) is 6.07 Å². The van der Waals surface area contributed by atoms with Crippen molar-refractivity contribution in [3.05, 3.63) is 81.9 Å². The summed E-state index contributed by atoms with van der Waals surface area (Å²) in [5, 5.41) is 15.5. The number of ketones is 1. The van der Waals surface area contributed by atoms with Gasteiger partial charge in [-0.3, -0.25) is 4.79 Å². The van der Waals surface area contributed by atoms with Gasteiger partial charge in [-0.15, -0.1) is 0 Å². The highest BCUT2D eigenvalue weighted by Gasteiger charge is 2.44. The number of halogens is 2. The van der Waals surface area contributed by atoms with Crippen LogP contribution >= 0.6 is 11.6 Å². The Morgan fingerprint density at radius 2 is 1.94 bits per heavy atom. The van der Waals surface area contributed by atoms with Gasteiger partial charge in [0.1, 0.15) is 11.6 Å². The fraction of sp³-hybridized carbons (Fsp3) is 0.385. The number of hydrogen-bond acceptors (Lipinski definition) is 3. The SMILES string of the molecule is CC(C)(C)c1cc(CCC(=O)Cc2ccc(C3(O)CC3)c(F)c2)n(-c2cccc(Cl)c2)n1. The molecule has 4 rings (SSSR count). The number of carbonyl (C=O) groups excluding carboxylic acids is 1. The lowest BCUT2D eigenvalue weighted by atomic mass is 9.92. The average Bonchev–Trinajstić information content (AvgIpc) is 3.29. The first kappa shape index (κ1) is 22.7. The van der Waals surface area contributed by atoms with E-state index in [-0.39, 0.29) is 17.6 Å². The molecule has 3 aromatic rings. The van der Waals surface area contributed by atoms with Gasteiger partial charge in [0, 0.05) is 34.5 Å². The molecule has 0 spiro atoms. The van der Waals surface area contributed by atoms with Gasteiger partial charge in [-0.2, -0.15) is 5.10 Å². The third kappa shape index (κ3) is 4.94. The summed E-state index contributed by atoms with van der Waals surface area (Å²) in [6.07, 6.45) is 2.17. The first-order valence-electron chi connectivity index (χ1n) is 10.9. The van der Waals surface area contributed by atoms with Crippen LogP contribution in [-0.4, -0.2) is 20.7 Å². The minimum Gasteiger partial charge on any atom is -0.385 e. The average molecular weight is 455 g/mol. The Morgan fingerprint density at radius 3 is 2.56 bits per heavy atom. The summed E-state index contributed by atoms with van der Waals surface area (Å²) in [5.74, 6) is -0.414. The van der Waals surface area contributed by atoms with E-state index in [0.717, 1.165) is 17.1 Å². The predicted molar refractivity (Wildman–Crippen MR) is 124 cm³/mol. The van der Waals surface area contributed by atoms with Crippen LogP contribution in [0.25, 0.3) is 5.69 Å². The van der Waals surface area contributed by atoms with Crippen molar-refractivity contribution in [1.82, 2.24) is 9.78 Å². The Labute approximate surface area is 193 Å². The van der Waals surface area contributed by atoms with Crippen molar-refractivity contribution in [1.29, 1.82) is 0 Å². The predicted octanol–water partition coefficient (Wildman–Crippen LogP) is 5.69. The van der Waals surface area contributed by atoms with Crippen molar-refractivity contribution in [3.8, 4) is 5.69 Å². The monoisotopic (exact) mass is 454 g/mol. The molecule has 0 radical (unpaired) electrons. The van der Waals surface area contributed by atoms with Crippen LogP contribution in [0, 0.1) is 5.82 Å². The van der Waals surface area contributed by atoms with Crippen molar-refractivity contribution in [2.24, 2.45) is 0 Å². The zero-order valence-corrected chi connectivity index (χ0v) is 19.4. The maximum absolute atomic E-state index is 14.4. The summed E-state index contributed by atoms with van der Waals surface area (Å²) in [4.78, 5) is 12.7. The van der Waals surface area contributed by atoms with Crippen molar-refractivity contribution < 1.29 is 14.3 Å². The van der Waals surface area contributed by atoms with E-state index in [1.807, 2.05) is 35.0 Å². The molecule has 1 aliphatic rings. The molecule has 1 N–H and O–H groups in total. The molecule has 0 atom stereocenters. The van der Waals surface area contributed by atoms with Crippen LogP contribution in [0.5, 0.6) is 0 Å².